The van der Waals surface area contributed by atoms with E-state index in [-0.39, 0.29) is 6.29 Å². The maximum absolute atomic E-state index is 13.3. The molecule has 0 fully saturated rings. The summed E-state index contributed by atoms with van der Waals surface area (Å²) in [5.74, 6) is -4.97. The van der Waals surface area contributed by atoms with Crippen molar-refractivity contribution in [1.82, 2.24) is 0 Å². The first kappa shape index (κ1) is 15.0. The molecule has 1 N–H and O–H groups in total. The minimum Gasteiger partial charge on any atom is -0.444 e. The molecule has 0 saturated heterocycles. The molecule has 0 saturated carbocycles. The first-order valence-electron chi connectivity index (χ1n) is 5.28. The van der Waals surface area contributed by atoms with E-state index in [2.05, 4.69) is 0 Å². The Kier molecular flexibility index (Phi) is 4.18. The van der Waals surface area contributed by atoms with Crippen molar-refractivity contribution in [2.45, 2.75) is 26.4 Å². The van der Waals surface area contributed by atoms with Gasteiger partial charge in [-0.2, -0.15) is 0 Å². The number of nitrogens with one attached hydrogen (secondary N) is 1. The first-order chi connectivity index (χ1) is 8.65. The van der Waals surface area contributed by atoms with E-state index >= 15 is 0 Å². The molecule has 0 radical (unpaired) electrons. The van der Waals surface area contributed by atoms with E-state index in [1.165, 1.54) is 0 Å². The largest absolute Gasteiger partial charge is 0.444 e. The normalized spacial score (nSPS) is 11.1. The van der Waals surface area contributed by atoms with E-state index in [0.29, 0.717) is 6.07 Å². The van der Waals surface area contributed by atoms with Gasteiger partial charge in [-0.05, 0) is 20.8 Å². The van der Waals surface area contributed by atoms with E-state index in [1.54, 1.807) is 20.8 Å². The molecule has 0 aliphatic carbocycles. The molecule has 0 aliphatic rings. The molecule has 4 nitrogen and oxygen atoms in total. The molecule has 0 atom stereocenters. The van der Waals surface area contributed by atoms with Gasteiger partial charge in [-0.1, -0.05) is 0 Å². The zero-order valence-electron chi connectivity index (χ0n) is 10.5. The molecule has 1 amide bonds. The van der Waals surface area contributed by atoms with Gasteiger partial charge >= 0.3 is 6.09 Å². The van der Waals surface area contributed by atoms with Crippen molar-refractivity contribution in [3.05, 3.63) is 29.1 Å². The van der Waals surface area contributed by atoms with Gasteiger partial charge in [-0.25, -0.2) is 18.0 Å². The minimum atomic E-state index is -1.78. The lowest BCUT2D eigenvalue weighted by molar-refractivity contribution is 0.0636. The third kappa shape index (κ3) is 3.70. The van der Waals surface area contributed by atoms with E-state index in [9.17, 15) is 22.8 Å². The van der Waals surface area contributed by atoms with Gasteiger partial charge in [-0.15, -0.1) is 0 Å². The zero-order chi connectivity index (χ0) is 14.8. The summed E-state index contributed by atoms with van der Waals surface area (Å²) >= 11 is 0. The lowest BCUT2D eigenvalue weighted by Crippen LogP contribution is -2.27. The van der Waals surface area contributed by atoms with Crippen LogP contribution in [0.15, 0.2) is 6.07 Å². The molecule has 0 aromatic heterocycles. The van der Waals surface area contributed by atoms with Crippen LogP contribution < -0.4 is 5.32 Å². The maximum atomic E-state index is 13.3. The molecule has 19 heavy (non-hydrogen) atoms. The standard InChI is InChI=1S/C12H12F3NO3/c1-12(2,3)19-11(18)16-8-4-7(13)10(15)9(14)6(8)5-17/h4-5H,1-3H3,(H,16,18). The van der Waals surface area contributed by atoms with Gasteiger partial charge in [-0.3, -0.25) is 10.1 Å². The summed E-state index contributed by atoms with van der Waals surface area (Å²) in [5.41, 5.74) is -2.12. The highest BCUT2D eigenvalue weighted by molar-refractivity contribution is 5.93. The van der Waals surface area contributed by atoms with Crippen molar-refractivity contribution in [2.75, 3.05) is 5.32 Å². The van der Waals surface area contributed by atoms with E-state index in [0.717, 1.165) is 0 Å². The molecular formula is C12H12F3NO3. The van der Waals surface area contributed by atoms with Crippen LogP contribution in [-0.2, 0) is 4.74 Å². The van der Waals surface area contributed by atoms with Crippen LogP contribution in [0.5, 0.6) is 0 Å². The zero-order valence-corrected chi connectivity index (χ0v) is 10.5. The lowest BCUT2D eigenvalue weighted by atomic mass is 10.1. The highest BCUT2D eigenvalue weighted by atomic mass is 19.2. The fourth-order valence-corrected chi connectivity index (χ4v) is 1.24. The molecular weight excluding hydrogens is 263 g/mol. The summed E-state index contributed by atoms with van der Waals surface area (Å²) < 4.78 is 44.1. The summed E-state index contributed by atoms with van der Waals surface area (Å²) in [6.07, 6.45) is -1.04. The molecule has 1 aromatic carbocycles. The summed E-state index contributed by atoms with van der Waals surface area (Å²) in [5, 5.41) is 1.99. The summed E-state index contributed by atoms with van der Waals surface area (Å²) in [6, 6.07) is 0.506. The number of ether oxygens (including phenoxy) is 1. The average molecular weight is 275 g/mol. The Bertz CT molecular complexity index is 524. The van der Waals surface area contributed by atoms with Crippen LogP contribution in [-0.4, -0.2) is 18.0 Å². The molecule has 0 spiro atoms. The second-order valence-corrected chi connectivity index (χ2v) is 4.69. The number of rotatable bonds is 2. The van der Waals surface area contributed by atoms with Crippen molar-refractivity contribution in [2.24, 2.45) is 0 Å². The Labute approximate surface area is 107 Å². The molecule has 7 heteroatoms. The maximum Gasteiger partial charge on any atom is 0.412 e. The SMILES string of the molecule is CC(C)(C)OC(=O)Nc1cc(F)c(F)c(F)c1C=O. The number of carbonyl (C=O) groups is 2. The van der Waals surface area contributed by atoms with Crippen molar-refractivity contribution in [1.29, 1.82) is 0 Å². The first-order valence-corrected chi connectivity index (χ1v) is 5.28. The topological polar surface area (TPSA) is 55.4 Å². The lowest BCUT2D eigenvalue weighted by Gasteiger charge is -2.20. The molecule has 0 unspecified atom stereocenters. The van der Waals surface area contributed by atoms with Crippen LogP contribution in [0, 0.1) is 17.5 Å². The van der Waals surface area contributed by atoms with Crippen molar-refractivity contribution in [3.63, 3.8) is 0 Å². The van der Waals surface area contributed by atoms with E-state index in [4.69, 9.17) is 4.74 Å². The average Bonchev–Trinajstić information content (AvgIpc) is 2.24. The van der Waals surface area contributed by atoms with Crippen LogP contribution in [0.1, 0.15) is 31.1 Å². The van der Waals surface area contributed by atoms with E-state index in [1.807, 2.05) is 5.32 Å². The molecule has 0 bridgehead atoms. The smallest absolute Gasteiger partial charge is 0.412 e. The Morgan fingerprint density at radius 1 is 1.26 bits per heavy atom. The Balaban J connectivity index is 3.08. The van der Waals surface area contributed by atoms with Gasteiger partial charge < -0.3 is 4.74 Å². The quantitative estimate of drug-likeness (QED) is 0.665. The van der Waals surface area contributed by atoms with Gasteiger partial charge in [0.2, 0.25) is 0 Å². The number of carbonyl (C=O) groups excluding carboxylic acids is 2. The summed E-state index contributed by atoms with van der Waals surface area (Å²) in [4.78, 5) is 22.1. The van der Waals surface area contributed by atoms with Crippen molar-refractivity contribution < 1.29 is 27.5 Å². The summed E-state index contributed by atoms with van der Waals surface area (Å²) in [6.45, 7) is 4.75. The number of amides is 1. The number of halogens is 3. The number of benzene rings is 1. The third-order valence-electron chi connectivity index (χ3n) is 1.95. The molecule has 104 valence electrons. The predicted octanol–water partition coefficient (Wildman–Crippen LogP) is 3.26. The van der Waals surface area contributed by atoms with Crippen LogP contribution >= 0.6 is 0 Å². The fourth-order valence-electron chi connectivity index (χ4n) is 1.24. The number of hydrogen-bond donors (Lipinski definition) is 1. The van der Waals surface area contributed by atoms with Crippen LogP contribution in [0.2, 0.25) is 0 Å². The van der Waals surface area contributed by atoms with Gasteiger partial charge in [0.05, 0.1) is 11.3 Å². The molecule has 0 aliphatic heterocycles. The van der Waals surface area contributed by atoms with Crippen molar-refractivity contribution >= 4 is 18.1 Å². The van der Waals surface area contributed by atoms with Crippen molar-refractivity contribution in [3.8, 4) is 0 Å². The van der Waals surface area contributed by atoms with E-state index < -0.39 is 40.4 Å². The fraction of sp³-hybridized carbons (Fsp3) is 0.333. The monoisotopic (exact) mass is 275 g/mol. The molecule has 1 rings (SSSR count). The Hall–Kier alpha value is -2.05. The van der Waals surface area contributed by atoms with Gasteiger partial charge in [0, 0.05) is 6.07 Å². The predicted molar refractivity (Wildman–Crippen MR) is 61.6 cm³/mol. The third-order valence-corrected chi connectivity index (χ3v) is 1.95. The van der Waals surface area contributed by atoms with Crippen LogP contribution in [0.25, 0.3) is 0 Å². The second kappa shape index (κ2) is 5.29. The number of hydrogen-bond acceptors (Lipinski definition) is 3. The number of aldehydes is 1. The Morgan fingerprint density at radius 2 is 1.84 bits per heavy atom. The molecule has 1 aromatic rings. The van der Waals surface area contributed by atoms with Gasteiger partial charge in [0.25, 0.3) is 0 Å². The van der Waals surface area contributed by atoms with Crippen LogP contribution in [0.4, 0.5) is 23.7 Å². The van der Waals surface area contributed by atoms with Gasteiger partial charge in [0.1, 0.15) is 5.60 Å². The molecule has 0 heterocycles. The Morgan fingerprint density at radius 3 is 2.32 bits per heavy atom. The highest BCUT2D eigenvalue weighted by Crippen LogP contribution is 2.23. The highest BCUT2D eigenvalue weighted by Gasteiger charge is 2.22. The van der Waals surface area contributed by atoms with Gasteiger partial charge in [0.15, 0.2) is 23.7 Å². The van der Waals surface area contributed by atoms with Crippen LogP contribution in [0.3, 0.4) is 0 Å². The number of anilines is 1. The minimum absolute atomic E-state index is 0.0233. The second-order valence-electron chi connectivity index (χ2n) is 4.69. The summed E-state index contributed by atoms with van der Waals surface area (Å²) in [7, 11) is 0.